The van der Waals surface area contributed by atoms with Crippen molar-refractivity contribution in [1.29, 1.82) is 0 Å². The standard InChI is InChI=1S/C21H14Cl2N6O2/c1-9-6-10(2)26-21(25-9)29-18-16(11(3)27-29)17-13(8-24-18)19(30)28(20(17)31)15-5-4-12(22)7-14(15)23/h4-8H,1-3H3. The number of hydrogen-bond acceptors (Lipinski definition) is 6. The first-order chi connectivity index (χ1) is 14.8. The molecule has 0 unspecified atom stereocenters. The van der Waals surface area contributed by atoms with Gasteiger partial charge in [0.05, 0.1) is 32.9 Å². The topological polar surface area (TPSA) is 93.9 Å². The number of benzene rings is 1. The van der Waals surface area contributed by atoms with E-state index in [1.54, 1.807) is 13.0 Å². The molecular weight excluding hydrogens is 439 g/mol. The Kier molecular flexibility index (Phi) is 4.32. The van der Waals surface area contributed by atoms with Crippen molar-refractivity contribution in [3.63, 3.8) is 0 Å². The Balaban J connectivity index is 1.72. The molecular formula is C21H14Cl2N6O2. The highest BCUT2D eigenvalue weighted by Gasteiger charge is 2.40. The summed E-state index contributed by atoms with van der Waals surface area (Å²) in [7, 11) is 0. The van der Waals surface area contributed by atoms with Gasteiger partial charge in [-0.2, -0.15) is 9.78 Å². The lowest BCUT2D eigenvalue weighted by atomic mass is 10.1. The zero-order valence-corrected chi connectivity index (χ0v) is 18.2. The van der Waals surface area contributed by atoms with E-state index >= 15 is 0 Å². The molecule has 2 amide bonds. The molecule has 1 aliphatic heterocycles. The van der Waals surface area contributed by atoms with Crippen molar-refractivity contribution >= 4 is 51.7 Å². The van der Waals surface area contributed by atoms with E-state index < -0.39 is 11.8 Å². The summed E-state index contributed by atoms with van der Waals surface area (Å²) in [6.07, 6.45) is 1.38. The first-order valence-electron chi connectivity index (χ1n) is 9.31. The number of rotatable bonds is 2. The van der Waals surface area contributed by atoms with Gasteiger partial charge in [0.2, 0.25) is 0 Å². The van der Waals surface area contributed by atoms with Gasteiger partial charge in [-0.05, 0) is 45.0 Å². The minimum Gasteiger partial charge on any atom is -0.268 e. The Morgan fingerprint density at radius 3 is 2.32 bits per heavy atom. The SMILES string of the molecule is Cc1cc(C)nc(-n2nc(C)c3c4c(cnc32)C(=O)N(c2ccc(Cl)cc2Cl)C4=O)n1. The molecule has 0 spiro atoms. The Hall–Kier alpha value is -3.36. The van der Waals surface area contributed by atoms with Gasteiger partial charge in [0.25, 0.3) is 17.8 Å². The number of anilines is 1. The molecule has 4 aromatic rings. The van der Waals surface area contributed by atoms with Crippen molar-refractivity contribution in [2.24, 2.45) is 0 Å². The van der Waals surface area contributed by atoms with Crippen molar-refractivity contribution in [2.75, 3.05) is 4.90 Å². The molecule has 0 saturated heterocycles. The summed E-state index contributed by atoms with van der Waals surface area (Å²) < 4.78 is 1.49. The van der Waals surface area contributed by atoms with Crippen LogP contribution >= 0.6 is 23.2 Å². The van der Waals surface area contributed by atoms with Gasteiger partial charge in [-0.25, -0.2) is 19.9 Å². The molecule has 31 heavy (non-hydrogen) atoms. The molecule has 0 aliphatic carbocycles. The molecule has 4 heterocycles. The van der Waals surface area contributed by atoms with E-state index in [1.807, 2.05) is 19.9 Å². The molecule has 5 rings (SSSR count). The lowest BCUT2D eigenvalue weighted by Crippen LogP contribution is -2.29. The third-order valence-corrected chi connectivity index (χ3v) is 5.57. The van der Waals surface area contributed by atoms with Crippen LogP contribution in [0.15, 0.2) is 30.5 Å². The van der Waals surface area contributed by atoms with Crippen LogP contribution in [0.5, 0.6) is 0 Å². The fraction of sp³-hybridized carbons (Fsp3) is 0.143. The lowest BCUT2D eigenvalue weighted by molar-refractivity contribution is 0.0926. The molecule has 0 atom stereocenters. The van der Waals surface area contributed by atoms with Gasteiger partial charge < -0.3 is 0 Å². The van der Waals surface area contributed by atoms with Crippen molar-refractivity contribution < 1.29 is 9.59 Å². The Bertz CT molecular complexity index is 1430. The highest BCUT2D eigenvalue weighted by molar-refractivity contribution is 6.42. The molecule has 0 fully saturated rings. The van der Waals surface area contributed by atoms with Crippen molar-refractivity contribution in [3.05, 3.63) is 68.7 Å². The van der Waals surface area contributed by atoms with Crippen LogP contribution in [0.1, 0.15) is 37.8 Å². The van der Waals surface area contributed by atoms with E-state index in [2.05, 4.69) is 20.1 Å². The second-order valence-electron chi connectivity index (χ2n) is 7.23. The normalized spacial score (nSPS) is 13.4. The maximum absolute atomic E-state index is 13.4. The number of carbonyl (C=O) groups is 2. The third kappa shape index (κ3) is 2.90. The second-order valence-corrected chi connectivity index (χ2v) is 8.08. The largest absolute Gasteiger partial charge is 0.268 e. The van der Waals surface area contributed by atoms with E-state index in [1.165, 1.54) is 23.0 Å². The van der Waals surface area contributed by atoms with E-state index in [9.17, 15) is 9.59 Å². The van der Waals surface area contributed by atoms with E-state index in [-0.39, 0.29) is 21.8 Å². The number of carbonyl (C=O) groups excluding carboxylic acids is 2. The molecule has 154 valence electrons. The molecule has 10 heteroatoms. The monoisotopic (exact) mass is 452 g/mol. The van der Waals surface area contributed by atoms with Gasteiger partial charge in [-0.3, -0.25) is 9.59 Å². The fourth-order valence-electron chi connectivity index (χ4n) is 3.78. The second kappa shape index (κ2) is 6.83. The number of hydrogen-bond donors (Lipinski definition) is 0. The minimum atomic E-state index is -0.506. The van der Waals surface area contributed by atoms with E-state index in [0.29, 0.717) is 27.7 Å². The average Bonchev–Trinajstić information content (AvgIpc) is 3.16. The quantitative estimate of drug-likeness (QED) is 0.422. The van der Waals surface area contributed by atoms with Crippen LogP contribution in [-0.2, 0) is 0 Å². The Morgan fingerprint density at radius 1 is 0.935 bits per heavy atom. The third-order valence-electron chi connectivity index (χ3n) is 5.03. The first-order valence-corrected chi connectivity index (χ1v) is 10.1. The van der Waals surface area contributed by atoms with Crippen LogP contribution in [-0.4, -0.2) is 36.5 Å². The molecule has 1 aliphatic rings. The van der Waals surface area contributed by atoms with Crippen LogP contribution in [0, 0.1) is 20.8 Å². The molecule has 3 aromatic heterocycles. The van der Waals surface area contributed by atoms with E-state index in [4.69, 9.17) is 23.2 Å². The summed E-state index contributed by atoms with van der Waals surface area (Å²) in [5.41, 5.74) is 3.16. The number of nitrogens with zero attached hydrogens (tertiary/aromatic N) is 6. The van der Waals surface area contributed by atoms with Gasteiger partial charge in [-0.15, -0.1) is 0 Å². The molecule has 0 bridgehead atoms. The predicted octanol–water partition coefficient (Wildman–Crippen LogP) is 4.24. The van der Waals surface area contributed by atoms with Crippen LogP contribution < -0.4 is 4.90 Å². The number of aromatic nitrogens is 5. The molecule has 8 nitrogen and oxygen atoms in total. The Morgan fingerprint density at radius 2 is 1.65 bits per heavy atom. The molecule has 1 aromatic carbocycles. The first kappa shape index (κ1) is 19.6. The zero-order chi connectivity index (χ0) is 22.0. The summed E-state index contributed by atoms with van der Waals surface area (Å²) in [5, 5.41) is 5.59. The van der Waals surface area contributed by atoms with Gasteiger partial charge in [-0.1, -0.05) is 23.2 Å². The summed E-state index contributed by atoms with van der Waals surface area (Å²) in [6, 6.07) is 6.44. The van der Waals surface area contributed by atoms with Crippen molar-refractivity contribution in [2.45, 2.75) is 20.8 Å². The maximum atomic E-state index is 13.4. The number of halogens is 2. The Labute approximate surface area is 186 Å². The van der Waals surface area contributed by atoms with Gasteiger partial charge in [0.15, 0.2) is 5.65 Å². The molecule has 0 saturated carbocycles. The predicted molar refractivity (Wildman–Crippen MR) is 116 cm³/mol. The number of aryl methyl sites for hydroxylation is 3. The summed E-state index contributed by atoms with van der Waals surface area (Å²) in [4.78, 5) is 40.8. The fourth-order valence-corrected chi connectivity index (χ4v) is 4.28. The highest BCUT2D eigenvalue weighted by Crippen LogP contribution is 2.37. The van der Waals surface area contributed by atoms with Crippen LogP contribution in [0.25, 0.3) is 17.0 Å². The van der Waals surface area contributed by atoms with Crippen LogP contribution in [0.2, 0.25) is 10.0 Å². The van der Waals surface area contributed by atoms with Crippen LogP contribution in [0.3, 0.4) is 0 Å². The van der Waals surface area contributed by atoms with Gasteiger partial charge >= 0.3 is 0 Å². The molecule has 0 N–H and O–H groups in total. The maximum Gasteiger partial charge on any atom is 0.267 e. The smallest absolute Gasteiger partial charge is 0.267 e. The zero-order valence-electron chi connectivity index (χ0n) is 16.6. The minimum absolute atomic E-state index is 0.188. The summed E-state index contributed by atoms with van der Waals surface area (Å²) in [6.45, 7) is 5.47. The van der Waals surface area contributed by atoms with Crippen LogP contribution in [0.4, 0.5) is 5.69 Å². The van der Waals surface area contributed by atoms with E-state index in [0.717, 1.165) is 16.3 Å². The van der Waals surface area contributed by atoms with Crippen molar-refractivity contribution in [3.8, 4) is 5.95 Å². The number of fused-ring (bicyclic) bond motifs is 3. The molecule has 0 radical (unpaired) electrons. The van der Waals surface area contributed by atoms with Gasteiger partial charge in [0.1, 0.15) is 0 Å². The number of pyridine rings is 1. The average molecular weight is 453 g/mol. The number of amides is 2. The highest BCUT2D eigenvalue weighted by atomic mass is 35.5. The lowest BCUT2D eigenvalue weighted by Gasteiger charge is -2.15. The van der Waals surface area contributed by atoms with Crippen molar-refractivity contribution in [1.82, 2.24) is 24.7 Å². The summed E-state index contributed by atoms with van der Waals surface area (Å²) in [5.74, 6) is -0.661. The van der Waals surface area contributed by atoms with Gasteiger partial charge in [0, 0.05) is 22.6 Å². The summed E-state index contributed by atoms with van der Waals surface area (Å²) >= 11 is 12.2. The number of imide groups is 1.